The normalized spacial score (nSPS) is 10.4. The number of benzene rings is 2. The molecule has 0 bridgehead atoms. The maximum atomic E-state index is 13.5. The Balaban J connectivity index is 2.13. The van der Waals surface area contributed by atoms with Gasteiger partial charge in [0, 0.05) is 14.5 Å². The molecule has 2 rings (SSSR count). The molecule has 4 heteroatoms. The van der Waals surface area contributed by atoms with Crippen molar-refractivity contribution in [3.8, 4) is 5.75 Å². The van der Waals surface area contributed by atoms with Crippen LogP contribution in [0, 0.1) is 12.7 Å². The van der Waals surface area contributed by atoms with Crippen molar-refractivity contribution in [2.45, 2.75) is 13.5 Å². The predicted octanol–water partition coefficient (Wildman–Crippen LogP) is 5.24. The number of hydrogen-bond donors (Lipinski definition) is 0. The van der Waals surface area contributed by atoms with Gasteiger partial charge >= 0.3 is 0 Å². The maximum absolute atomic E-state index is 13.5. The van der Waals surface area contributed by atoms with E-state index in [1.807, 2.05) is 25.1 Å². The highest BCUT2D eigenvalue weighted by atomic mass is 79.9. The number of halogens is 3. The summed E-state index contributed by atoms with van der Waals surface area (Å²) in [6, 6.07) is 10.6. The number of rotatable bonds is 3. The molecule has 0 aliphatic carbocycles. The summed E-state index contributed by atoms with van der Waals surface area (Å²) in [5.74, 6) is 0.505. The monoisotopic (exact) mass is 372 g/mol. The van der Waals surface area contributed by atoms with Crippen molar-refractivity contribution >= 4 is 31.9 Å². The van der Waals surface area contributed by atoms with Crippen molar-refractivity contribution < 1.29 is 9.13 Å². The number of aryl methyl sites for hydroxylation is 1. The first-order valence-corrected chi connectivity index (χ1v) is 6.98. The minimum atomic E-state index is -0.257. The van der Waals surface area contributed by atoms with Crippen molar-refractivity contribution in [1.82, 2.24) is 0 Å². The largest absolute Gasteiger partial charge is 0.489 e. The smallest absolute Gasteiger partial charge is 0.129 e. The molecule has 0 aliphatic rings. The van der Waals surface area contributed by atoms with Crippen LogP contribution in [0.25, 0.3) is 0 Å². The van der Waals surface area contributed by atoms with Crippen molar-refractivity contribution in [2.24, 2.45) is 0 Å². The molecule has 0 N–H and O–H groups in total. The van der Waals surface area contributed by atoms with Gasteiger partial charge in [-0.25, -0.2) is 4.39 Å². The second-order valence-corrected chi connectivity index (χ2v) is 5.77. The van der Waals surface area contributed by atoms with E-state index in [-0.39, 0.29) is 12.4 Å². The third kappa shape index (κ3) is 3.33. The van der Waals surface area contributed by atoms with Crippen molar-refractivity contribution in [2.75, 3.05) is 0 Å². The second kappa shape index (κ2) is 5.85. The Morgan fingerprint density at radius 2 is 1.72 bits per heavy atom. The van der Waals surface area contributed by atoms with Gasteiger partial charge in [0.25, 0.3) is 0 Å². The van der Waals surface area contributed by atoms with E-state index in [2.05, 4.69) is 31.9 Å². The highest BCUT2D eigenvalue weighted by Crippen LogP contribution is 2.24. The van der Waals surface area contributed by atoms with E-state index >= 15 is 0 Å². The van der Waals surface area contributed by atoms with E-state index in [1.54, 1.807) is 12.1 Å². The molecule has 0 heterocycles. The Bertz CT molecular complexity index is 570. The Labute approximate surface area is 122 Å². The quantitative estimate of drug-likeness (QED) is 0.714. The van der Waals surface area contributed by atoms with Crippen LogP contribution in [0.3, 0.4) is 0 Å². The first-order chi connectivity index (χ1) is 8.56. The zero-order valence-electron chi connectivity index (χ0n) is 9.71. The minimum Gasteiger partial charge on any atom is -0.489 e. The lowest BCUT2D eigenvalue weighted by molar-refractivity contribution is 0.297. The third-order valence-corrected chi connectivity index (χ3v) is 3.51. The fourth-order valence-electron chi connectivity index (χ4n) is 1.58. The predicted molar refractivity (Wildman–Crippen MR) is 77.3 cm³/mol. The van der Waals surface area contributed by atoms with E-state index in [9.17, 15) is 4.39 Å². The Morgan fingerprint density at radius 1 is 1.06 bits per heavy atom. The first kappa shape index (κ1) is 13.6. The van der Waals surface area contributed by atoms with Gasteiger partial charge in [-0.05, 0) is 48.9 Å². The molecule has 2 aromatic rings. The molecule has 94 valence electrons. The average molecular weight is 374 g/mol. The van der Waals surface area contributed by atoms with Gasteiger partial charge in [0.1, 0.15) is 18.2 Å². The minimum absolute atomic E-state index is 0.216. The highest BCUT2D eigenvalue weighted by molar-refractivity contribution is 9.10. The van der Waals surface area contributed by atoms with Crippen LogP contribution in [0.15, 0.2) is 45.3 Å². The summed E-state index contributed by atoms with van der Waals surface area (Å²) >= 11 is 6.71. The maximum Gasteiger partial charge on any atom is 0.129 e. The summed E-state index contributed by atoms with van der Waals surface area (Å²) in [5.41, 5.74) is 1.55. The molecule has 0 spiro atoms. The lowest BCUT2D eigenvalue weighted by Gasteiger charge is -2.10. The Kier molecular flexibility index (Phi) is 4.40. The molecule has 0 amide bonds. The Morgan fingerprint density at radius 3 is 2.44 bits per heavy atom. The van der Waals surface area contributed by atoms with Crippen LogP contribution in [0.1, 0.15) is 11.1 Å². The standard InChI is InChI=1S/C14H11Br2FO/c1-9-6-11(15)3-5-14(9)18-8-10-7-12(16)2-4-13(10)17/h2-7H,8H2,1H3. The highest BCUT2D eigenvalue weighted by Gasteiger charge is 2.05. The molecule has 0 saturated heterocycles. The van der Waals surface area contributed by atoms with Gasteiger partial charge in [-0.2, -0.15) is 0 Å². The van der Waals surface area contributed by atoms with Crippen LogP contribution in [-0.4, -0.2) is 0 Å². The molecule has 0 atom stereocenters. The van der Waals surface area contributed by atoms with Crippen molar-refractivity contribution in [1.29, 1.82) is 0 Å². The second-order valence-electron chi connectivity index (χ2n) is 3.93. The molecule has 0 unspecified atom stereocenters. The summed E-state index contributed by atoms with van der Waals surface area (Å²) in [5, 5.41) is 0. The van der Waals surface area contributed by atoms with E-state index < -0.39 is 0 Å². The van der Waals surface area contributed by atoms with E-state index in [0.717, 1.165) is 20.3 Å². The third-order valence-electron chi connectivity index (χ3n) is 2.53. The molecule has 1 nitrogen and oxygen atoms in total. The number of ether oxygens (including phenoxy) is 1. The van der Waals surface area contributed by atoms with Crippen LogP contribution < -0.4 is 4.74 Å². The van der Waals surface area contributed by atoms with Crippen LogP contribution in [0.2, 0.25) is 0 Å². The summed E-state index contributed by atoms with van der Waals surface area (Å²) < 4.78 is 21.0. The van der Waals surface area contributed by atoms with Crippen molar-refractivity contribution in [3.63, 3.8) is 0 Å². The summed E-state index contributed by atoms with van der Waals surface area (Å²) in [7, 11) is 0. The molecule has 2 aromatic carbocycles. The van der Waals surface area contributed by atoms with E-state index in [4.69, 9.17) is 4.74 Å². The Hall–Kier alpha value is -0.870. The van der Waals surface area contributed by atoms with Crippen LogP contribution in [-0.2, 0) is 6.61 Å². The molecule has 0 fully saturated rings. The van der Waals surface area contributed by atoms with Crippen LogP contribution >= 0.6 is 31.9 Å². The van der Waals surface area contributed by atoms with Crippen LogP contribution in [0.4, 0.5) is 4.39 Å². The molecule has 0 saturated carbocycles. The van der Waals surface area contributed by atoms with Crippen LogP contribution in [0.5, 0.6) is 5.75 Å². The fraction of sp³-hybridized carbons (Fsp3) is 0.143. The van der Waals surface area contributed by atoms with Gasteiger partial charge in [0.05, 0.1) is 0 Å². The molecule has 0 aromatic heterocycles. The van der Waals surface area contributed by atoms with Gasteiger partial charge in [-0.3, -0.25) is 0 Å². The summed E-state index contributed by atoms with van der Waals surface area (Å²) in [4.78, 5) is 0. The number of hydrogen-bond acceptors (Lipinski definition) is 1. The SMILES string of the molecule is Cc1cc(Br)ccc1OCc1cc(Br)ccc1F. The van der Waals surface area contributed by atoms with Gasteiger partial charge in [-0.1, -0.05) is 31.9 Å². The summed E-state index contributed by atoms with van der Waals surface area (Å²) in [6.45, 7) is 2.17. The molecular formula is C14H11Br2FO. The summed E-state index contributed by atoms with van der Waals surface area (Å²) in [6.07, 6.45) is 0. The molecule has 0 radical (unpaired) electrons. The lowest BCUT2D eigenvalue weighted by atomic mass is 10.2. The lowest BCUT2D eigenvalue weighted by Crippen LogP contribution is -1.99. The fourth-order valence-corrected chi connectivity index (χ4v) is 2.47. The van der Waals surface area contributed by atoms with Gasteiger partial charge in [0.15, 0.2) is 0 Å². The van der Waals surface area contributed by atoms with Gasteiger partial charge < -0.3 is 4.74 Å². The molecule has 18 heavy (non-hydrogen) atoms. The van der Waals surface area contributed by atoms with Crippen molar-refractivity contribution in [3.05, 3.63) is 62.3 Å². The van der Waals surface area contributed by atoms with E-state index in [1.165, 1.54) is 6.07 Å². The topological polar surface area (TPSA) is 9.23 Å². The molecular weight excluding hydrogens is 363 g/mol. The zero-order chi connectivity index (χ0) is 13.1. The van der Waals surface area contributed by atoms with Gasteiger partial charge in [-0.15, -0.1) is 0 Å². The molecule has 0 aliphatic heterocycles. The zero-order valence-corrected chi connectivity index (χ0v) is 12.9. The first-order valence-electron chi connectivity index (χ1n) is 5.39. The average Bonchev–Trinajstić information content (AvgIpc) is 2.32. The van der Waals surface area contributed by atoms with E-state index in [0.29, 0.717) is 5.56 Å². The van der Waals surface area contributed by atoms with Gasteiger partial charge in [0.2, 0.25) is 0 Å².